The summed E-state index contributed by atoms with van der Waals surface area (Å²) in [6.45, 7) is 7.85. The summed E-state index contributed by atoms with van der Waals surface area (Å²) in [6.07, 6.45) is 3.79. The average molecular weight is 358 g/mol. The summed E-state index contributed by atoms with van der Waals surface area (Å²) in [4.78, 5) is 42.9. The molecule has 2 atom stereocenters. The first kappa shape index (κ1) is 18.4. The van der Waals surface area contributed by atoms with Crippen LogP contribution in [0.15, 0.2) is 18.3 Å². The first-order valence-corrected chi connectivity index (χ1v) is 8.97. The van der Waals surface area contributed by atoms with Gasteiger partial charge in [0.05, 0.1) is 0 Å². The van der Waals surface area contributed by atoms with Gasteiger partial charge in [0, 0.05) is 6.20 Å². The third-order valence-electron chi connectivity index (χ3n) is 5.19. The van der Waals surface area contributed by atoms with E-state index in [1.807, 2.05) is 13.0 Å². The maximum absolute atomic E-state index is 13.0. The molecule has 1 aromatic heterocycles. The molecule has 2 N–H and O–H groups in total. The molecule has 1 aliphatic carbocycles. The second kappa shape index (κ2) is 6.37. The Bertz CT molecular complexity index is 761. The number of amides is 4. The Morgan fingerprint density at radius 3 is 2.77 bits per heavy atom. The molecule has 0 aromatic carbocycles. The van der Waals surface area contributed by atoms with E-state index in [-0.39, 0.29) is 17.9 Å². The van der Waals surface area contributed by atoms with Gasteiger partial charge in [-0.3, -0.25) is 14.5 Å². The predicted molar refractivity (Wildman–Crippen MR) is 97.4 cm³/mol. The van der Waals surface area contributed by atoms with Crippen LogP contribution in [-0.2, 0) is 9.59 Å². The molecule has 4 amide bonds. The molecule has 7 heteroatoms. The highest BCUT2D eigenvalue weighted by Gasteiger charge is 2.56. The van der Waals surface area contributed by atoms with Crippen LogP contribution in [-0.4, -0.2) is 39.8 Å². The minimum Gasteiger partial charge on any atom is -0.323 e. The first-order chi connectivity index (χ1) is 12.1. The Morgan fingerprint density at radius 1 is 1.38 bits per heavy atom. The topological polar surface area (TPSA) is 91.4 Å². The van der Waals surface area contributed by atoms with Crippen molar-refractivity contribution in [2.24, 2.45) is 11.3 Å². The fourth-order valence-electron chi connectivity index (χ4n) is 4.58. The second-order valence-electron chi connectivity index (χ2n) is 8.48. The van der Waals surface area contributed by atoms with Crippen LogP contribution >= 0.6 is 0 Å². The fourth-order valence-corrected chi connectivity index (χ4v) is 4.58. The maximum atomic E-state index is 13.0. The van der Waals surface area contributed by atoms with Crippen LogP contribution in [0.4, 0.5) is 10.6 Å². The molecule has 0 radical (unpaired) electrons. The lowest BCUT2D eigenvalue weighted by atomic mass is 9.64. The molecule has 140 valence electrons. The molecular formula is C19H26N4O3. The Morgan fingerprint density at radius 2 is 2.12 bits per heavy atom. The van der Waals surface area contributed by atoms with E-state index in [0.717, 1.165) is 16.9 Å². The SMILES string of the molecule is Cc1cccnc1NC(=O)CN1C(=O)N[C@]2(C[C@@H](C)CC(C)(C)C2)C1=O. The highest BCUT2D eigenvalue weighted by molar-refractivity contribution is 6.10. The Labute approximate surface area is 153 Å². The summed E-state index contributed by atoms with van der Waals surface area (Å²) >= 11 is 0. The molecule has 26 heavy (non-hydrogen) atoms. The van der Waals surface area contributed by atoms with Gasteiger partial charge in [-0.15, -0.1) is 0 Å². The van der Waals surface area contributed by atoms with Gasteiger partial charge < -0.3 is 10.6 Å². The summed E-state index contributed by atoms with van der Waals surface area (Å²) in [5.74, 6) is 0.0325. The van der Waals surface area contributed by atoms with Gasteiger partial charge >= 0.3 is 6.03 Å². The third kappa shape index (κ3) is 3.43. The van der Waals surface area contributed by atoms with Crippen molar-refractivity contribution in [1.82, 2.24) is 15.2 Å². The zero-order chi connectivity index (χ0) is 19.1. The van der Waals surface area contributed by atoms with Crippen LogP contribution in [0.3, 0.4) is 0 Å². The molecule has 7 nitrogen and oxygen atoms in total. The van der Waals surface area contributed by atoms with Crippen molar-refractivity contribution in [1.29, 1.82) is 0 Å². The van der Waals surface area contributed by atoms with E-state index in [9.17, 15) is 14.4 Å². The molecule has 2 fully saturated rings. The monoisotopic (exact) mass is 358 g/mol. The maximum Gasteiger partial charge on any atom is 0.325 e. The van der Waals surface area contributed by atoms with E-state index in [4.69, 9.17) is 0 Å². The molecule has 3 rings (SSSR count). The number of nitrogens with one attached hydrogen (secondary N) is 2. The number of nitrogens with zero attached hydrogens (tertiary/aromatic N) is 2. The molecule has 0 unspecified atom stereocenters. The molecule has 1 aromatic rings. The van der Waals surface area contributed by atoms with E-state index >= 15 is 0 Å². The number of rotatable bonds is 3. The standard InChI is InChI=1S/C19H26N4O3/c1-12-8-18(3,4)11-19(9-12)16(25)23(17(26)22-19)10-14(24)21-15-13(2)6-5-7-20-15/h5-7,12H,8-11H2,1-4H3,(H,22,26)(H,20,21,24)/t12-,19-/m0/s1. The Kier molecular flexibility index (Phi) is 4.50. The van der Waals surface area contributed by atoms with Gasteiger partial charge in [-0.2, -0.15) is 0 Å². The number of hydrogen-bond acceptors (Lipinski definition) is 4. The molecule has 1 aliphatic heterocycles. The molecule has 1 saturated heterocycles. The van der Waals surface area contributed by atoms with Crippen LogP contribution in [0, 0.1) is 18.3 Å². The number of carbonyl (C=O) groups excluding carboxylic acids is 3. The molecule has 1 spiro atoms. The number of pyridine rings is 1. The van der Waals surface area contributed by atoms with Crippen molar-refractivity contribution < 1.29 is 14.4 Å². The van der Waals surface area contributed by atoms with Gasteiger partial charge in [0.2, 0.25) is 5.91 Å². The fraction of sp³-hybridized carbons (Fsp3) is 0.579. The Balaban J connectivity index is 1.73. The third-order valence-corrected chi connectivity index (χ3v) is 5.19. The minimum atomic E-state index is -0.889. The van der Waals surface area contributed by atoms with Crippen LogP contribution in [0.25, 0.3) is 0 Å². The van der Waals surface area contributed by atoms with E-state index in [2.05, 4.69) is 36.4 Å². The van der Waals surface area contributed by atoms with E-state index in [1.54, 1.807) is 12.3 Å². The Hall–Kier alpha value is -2.44. The van der Waals surface area contributed by atoms with Crippen molar-refractivity contribution >= 4 is 23.7 Å². The highest BCUT2D eigenvalue weighted by atomic mass is 16.2. The molecule has 1 saturated carbocycles. The van der Waals surface area contributed by atoms with Crippen molar-refractivity contribution in [2.75, 3.05) is 11.9 Å². The number of aryl methyl sites for hydroxylation is 1. The summed E-state index contributed by atoms with van der Waals surface area (Å²) in [7, 11) is 0. The lowest BCUT2D eigenvalue weighted by molar-refractivity contribution is -0.136. The van der Waals surface area contributed by atoms with E-state index in [0.29, 0.717) is 24.6 Å². The number of imide groups is 1. The zero-order valence-electron chi connectivity index (χ0n) is 15.8. The van der Waals surface area contributed by atoms with Crippen LogP contribution < -0.4 is 10.6 Å². The number of anilines is 1. The molecule has 0 bridgehead atoms. The molecule has 2 aliphatic rings. The van der Waals surface area contributed by atoms with Gasteiger partial charge in [0.1, 0.15) is 17.9 Å². The van der Waals surface area contributed by atoms with Crippen molar-refractivity contribution in [3.63, 3.8) is 0 Å². The van der Waals surface area contributed by atoms with E-state index < -0.39 is 17.5 Å². The molecular weight excluding hydrogens is 332 g/mol. The van der Waals surface area contributed by atoms with Crippen molar-refractivity contribution in [2.45, 2.75) is 52.5 Å². The lowest BCUT2D eigenvalue weighted by Gasteiger charge is -2.43. The van der Waals surface area contributed by atoms with Crippen molar-refractivity contribution in [3.8, 4) is 0 Å². The summed E-state index contributed by atoms with van der Waals surface area (Å²) in [6, 6.07) is 3.11. The average Bonchev–Trinajstić information content (AvgIpc) is 2.71. The van der Waals surface area contributed by atoms with Gasteiger partial charge in [0.15, 0.2) is 0 Å². The van der Waals surface area contributed by atoms with Crippen LogP contribution in [0.2, 0.25) is 0 Å². The smallest absolute Gasteiger partial charge is 0.323 e. The minimum absolute atomic E-state index is 0.0378. The van der Waals surface area contributed by atoms with Gasteiger partial charge in [-0.1, -0.05) is 26.8 Å². The number of hydrogen-bond donors (Lipinski definition) is 2. The highest BCUT2D eigenvalue weighted by Crippen LogP contribution is 2.46. The summed E-state index contributed by atoms with van der Waals surface area (Å²) in [5, 5.41) is 5.55. The summed E-state index contributed by atoms with van der Waals surface area (Å²) in [5.41, 5.74) is -0.110. The normalized spacial score (nSPS) is 27.5. The quantitative estimate of drug-likeness (QED) is 0.812. The van der Waals surface area contributed by atoms with Gasteiger partial charge in [-0.05, 0) is 49.1 Å². The van der Waals surface area contributed by atoms with Crippen molar-refractivity contribution in [3.05, 3.63) is 23.9 Å². The summed E-state index contributed by atoms with van der Waals surface area (Å²) < 4.78 is 0. The first-order valence-electron chi connectivity index (χ1n) is 8.97. The largest absolute Gasteiger partial charge is 0.325 e. The van der Waals surface area contributed by atoms with Crippen LogP contribution in [0.1, 0.15) is 45.6 Å². The predicted octanol–water partition coefficient (Wildman–Crippen LogP) is 2.47. The lowest BCUT2D eigenvalue weighted by Crippen LogP contribution is -2.54. The zero-order valence-corrected chi connectivity index (χ0v) is 15.8. The number of aromatic nitrogens is 1. The van der Waals surface area contributed by atoms with E-state index in [1.165, 1.54) is 0 Å². The number of carbonyl (C=O) groups is 3. The molecule has 2 heterocycles. The van der Waals surface area contributed by atoms with Gasteiger partial charge in [-0.25, -0.2) is 9.78 Å². The number of urea groups is 1. The van der Waals surface area contributed by atoms with Gasteiger partial charge in [0.25, 0.3) is 5.91 Å². The van der Waals surface area contributed by atoms with Crippen LogP contribution in [0.5, 0.6) is 0 Å². The second-order valence-corrected chi connectivity index (χ2v) is 8.48.